The number of nitrogens with zero attached hydrogens (tertiary/aromatic N) is 1. The molecule has 0 spiro atoms. The third-order valence-electron chi connectivity index (χ3n) is 2.05. The molecule has 1 saturated carbocycles. The molecular formula is C11H10FN. The van der Waals surface area contributed by atoms with Crippen molar-refractivity contribution in [2.45, 2.75) is 19.8 Å². The van der Waals surface area contributed by atoms with E-state index in [2.05, 4.69) is 16.8 Å². The highest BCUT2D eigenvalue weighted by molar-refractivity contribution is 5.33. The maximum Gasteiger partial charge on any atom is 0.160 e. The minimum absolute atomic E-state index is 0.282. The number of rotatable bonds is 0. The third kappa shape index (κ3) is 1.86. The molecule has 13 heavy (non-hydrogen) atoms. The number of aromatic nitrogens is 1. The molecular weight excluding hydrogens is 165 g/mol. The molecule has 1 aromatic heterocycles. The molecule has 0 unspecified atom stereocenters. The lowest BCUT2D eigenvalue weighted by molar-refractivity contribution is 0.607. The number of hydrogen-bond donors (Lipinski definition) is 0. The Hall–Kier alpha value is -1.36. The van der Waals surface area contributed by atoms with E-state index in [0.29, 0.717) is 11.5 Å². The Bertz CT molecular complexity index is 383. The first-order chi connectivity index (χ1) is 6.27. The minimum atomic E-state index is -0.282. The van der Waals surface area contributed by atoms with Gasteiger partial charge in [0.05, 0.1) is 0 Å². The van der Waals surface area contributed by atoms with Gasteiger partial charge in [-0.05, 0) is 37.3 Å². The van der Waals surface area contributed by atoms with Crippen LogP contribution in [-0.4, -0.2) is 4.98 Å². The van der Waals surface area contributed by atoms with E-state index in [1.807, 2.05) is 0 Å². The Morgan fingerprint density at radius 3 is 3.00 bits per heavy atom. The molecule has 0 saturated heterocycles. The zero-order valence-electron chi connectivity index (χ0n) is 7.47. The van der Waals surface area contributed by atoms with Crippen LogP contribution in [0.15, 0.2) is 12.3 Å². The quantitative estimate of drug-likeness (QED) is 0.551. The highest BCUT2D eigenvalue weighted by Gasteiger charge is 2.18. The van der Waals surface area contributed by atoms with E-state index in [1.165, 1.54) is 0 Å². The number of pyridine rings is 1. The Labute approximate surface area is 77.0 Å². The summed E-state index contributed by atoms with van der Waals surface area (Å²) in [6, 6.07) is 1.65. The van der Waals surface area contributed by atoms with Crippen LogP contribution in [0.4, 0.5) is 4.39 Å². The molecule has 0 aliphatic heterocycles. The Kier molecular flexibility index (Phi) is 2.02. The summed E-state index contributed by atoms with van der Waals surface area (Å²) < 4.78 is 13.3. The van der Waals surface area contributed by atoms with Crippen LogP contribution in [0.2, 0.25) is 0 Å². The van der Waals surface area contributed by atoms with Crippen molar-refractivity contribution in [2.24, 2.45) is 5.92 Å². The smallest absolute Gasteiger partial charge is 0.160 e. The largest absolute Gasteiger partial charge is 0.245 e. The Morgan fingerprint density at radius 1 is 1.54 bits per heavy atom. The lowest BCUT2D eigenvalue weighted by Gasteiger charge is -1.95. The molecule has 1 heterocycles. The van der Waals surface area contributed by atoms with Crippen LogP contribution in [0.3, 0.4) is 0 Å². The number of aryl methyl sites for hydroxylation is 1. The van der Waals surface area contributed by atoms with Gasteiger partial charge in [-0.2, -0.15) is 0 Å². The average Bonchev–Trinajstić information content (AvgIpc) is 2.91. The summed E-state index contributed by atoms with van der Waals surface area (Å²) in [5.74, 6) is 5.97. The van der Waals surface area contributed by atoms with Crippen LogP contribution in [0.5, 0.6) is 0 Å². The standard InChI is InChI=1S/C11H10FN/c1-8-6-7-13-10(11(8)12)5-4-9-2-3-9/h6-7,9H,2-3H2,1H3. The zero-order chi connectivity index (χ0) is 9.26. The van der Waals surface area contributed by atoms with Gasteiger partial charge in [0.2, 0.25) is 0 Å². The van der Waals surface area contributed by atoms with Gasteiger partial charge in [-0.3, -0.25) is 0 Å². The molecule has 1 fully saturated rings. The Morgan fingerprint density at radius 2 is 2.31 bits per heavy atom. The summed E-state index contributed by atoms with van der Waals surface area (Å²) >= 11 is 0. The van der Waals surface area contributed by atoms with Crippen LogP contribution >= 0.6 is 0 Å². The summed E-state index contributed by atoms with van der Waals surface area (Å²) in [6.45, 7) is 1.72. The molecule has 1 aromatic rings. The number of halogens is 1. The topological polar surface area (TPSA) is 12.9 Å². The zero-order valence-corrected chi connectivity index (χ0v) is 7.47. The monoisotopic (exact) mass is 175 g/mol. The van der Waals surface area contributed by atoms with Crippen LogP contribution in [0, 0.1) is 30.5 Å². The fourth-order valence-corrected chi connectivity index (χ4v) is 1.03. The molecule has 0 aromatic carbocycles. The fraction of sp³-hybridized carbons (Fsp3) is 0.364. The van der Waals surface area contributed by atoms with Gasteiger partial charge in [-0.1, -0.05) is 5.92 Å². The van der Waals surface area contributed by atoms with Gasteiger partial charge >= 0.3 is 0 Å². The maximum atomic E-state index is 13.3. The van der Waals surface area contributed by atoms with Gasteiger partial charge in [-0.15, -0.1) is 0 Å². The first-order valence-corrected chi connectivity index (χ1v) is 4.40. The van der Waals surface area contributed by atoms with Crippen molar-refractivity contribution >= 4 is 0 Å². The molecule has 1 aliphatic carbocycles. The summed E-state index contributed by atoms with van der Waals surface area (Å²) in [7, 11) is 0. The summed E-state index contributed by atoms with van der Waals surface area (Å²) in [4.78, 5) is 3.89. The summed E-state index contributed by atoms with van der Waals surface area (Å²) in [6.07, 6.45) is 3.90. The van der Waals surface area contributed by atoms with Crippen LogP contribution in [0.25, 0.3) is 0 Å². The van der Waals surface area contributed by atoms with Crippen molar-refractivity contribution in [3.8, 4) is 11.8 Å². The van der Waals surface area contributed by atoms with Gasteiger partial charge in [0.25, 0.3) is 0 Å². The van der Waals surface area contributed by atoms with E-state index >= 15 is 0 Å². The molecule has 66 valence electrons. The van der Waals surface area contributed by atoms with E-state index in [4.69, 9.17) is 0 Å². The third-order valence-corrected chi connectivity index (χ3v) is 2.05. The van der Waals surface area contributed by atoms with E-state index in [1.54, 1.807) is 19.2 Å². The molecule has 1 aliphatic rings. The van der Waals surface area contributed by atoms with Crippen molar-refractivity contribution < 1.29 is 4.39 Å². The molecule has 0 N–H and O–H groups in total. The lowest BCUT2D eigenvalue weighted by Crippen LogP contribution is -1.91. The lowest BCUT2D eigenvalue weighted by atomic mass is 10.2. The highest BCUT2D eigenvalue weighted by Crippen LogP contribution is 2.27. The van der Waals surface area contributed by atoms with Crippen molar-refractivity contribution in [3.63, 3.8) is 0 Å². The molecule has 0 bridgehead atoms. The fourth-order valence-electron chi connectivity index (χ4n) is 1.03. The second-order valence-corrected chi connectivity index (χ2v) is 3.33. The van der Waals surface area contributed by atoms with Crippen LogP contribution < -0.4 is 0 Å². The van der Waals surface area contributed by atoms with Crippen LogP contribution in [-0.2, 0) is 0 Å². The molecule has 1 nitrogen and oxygen atoms in total. The van der Waals surface area contributed by atoms with Gasteiger partial charge in [0.1, 0.15) is 5.69 Å². The minimum Gasteiger partial charge on any atom is -0.245 e. The van der Waals surface area contributed by atoms with Gasteiger partial charge < -0.3 is 0 Å². The van der Waals surface area contributed by atoms with Gasteiger partial charge in [0, 0.05) is 12.1 Å². The predicted octanol–water partition coefficient (Wildman–Crippen LogP) is 2.29. The normalized spacial score (nSPS) is 14.9. The van der Waals surface area contributed by atoms with Gasteiger partial charge in [0.15, 0.2) is 5.82 Å². The highest BCUT2D eigenvalue weighted by atomic mass is 19.1. The van der Waals surface area contributed by atoms with Crippen LogP contribution in [0.1, 0.15) is 24.1 Å². The Balaban J connectivity index is 2.30. The number of hydrogen-bond acceptors (Lipinski definition) is 1. The summed E-state index contributed by atoms with van der Waals surface area (Å²) in [5, 5.41) is 0. The molecule has 0 radical (unpaired) electrons. The van der Waals surface area contributed by atoms with Crippen molar-refractivity contribution in [1.29, 1.82) is 0 Å². The van der Waals surface area contributed by atoms with E-state index in [0.717, 1.165) is 12.8 Å². The maximum absolute atomic E-state index is 13.3. The average molecular weight is 175 g/mol. The molecule has 0 atom stereocenters. The van der Waals surface area contributed by atoms with Gasteiger partial charge in [-0.25, -0.2) is 9.37 Å². The van der Waals surface area contributed by atoms with E-state index in [9.17, 15) is 4.39 Å². The van der Waals surface area contributed by atoms with E-state index < -0.39 is 0 Å². The molecule has 2 rings (SSSR count). The van der Waals surface area contributed by atoms with Crippen molar-refractivity contribution in [3.05, 3.63) is 29.3 Å². The first kappa shape index (κ1) is 8.25. The van der Waals surface area contributed by atoms with E-state index in [-0.39, 0.29) is 11.5 Å². The second-order valence-electron chi connectivity index (χ2n) is 3.33. The SMILES string of the molecule is Cc1ccnc(C#CC2CC2)c1F. The first-order valence-electron chi connectivity index (χ1n) is 4.40. The second kappa shape index (κ2) is 3.18. The predicted molar refractivity (Wildman–Crippen MR) is 48.5 cm³/mol. The van der Waals surface area contributed by atoms with Crippen molar-refractivity contribution in [1.82, 2.24) is 4.98 Å². The molecule has 2 heteroatoms. The van der Waals surface area contributed by atoms with Crippen molar-refractivity contribution in [2.75, 3.05) is 0 Å². The summed E-state index contributed by atoms with van der Waals surface area (Å²) in [5.41, 5.74) is 0.891. The molecule has 0 amide bonds.